The summed E-state index contributed by atoms with van der Waals surface area (Å²) in [6.07, 6.45) is 2.31. The van der Waals surface area contributed by atoms with Crippen LogP contribution >= 0.6 is 0 Å². The predicted molar refractivity (Wildman–Crippen MR) is 36.7 cm³/mol. The molecule has 4 nitrogen and oxygen atoms in total. The molecule has 5 heteroatoms. The molecule has 2 amide bonds. The SMILES string of the molecule is C=CC(=O)N[I-]NC(=O)C=C. The number of hydrogen-bond acceptors (Lipinski definition) is 2. The molecule has 0 saturated carbocycles. The maximum absolute atomic E-state index is 10.5. The summed E-state index contributed by atoms with van der Waals surface area (Å²) in [6, 6.07) is 0. The van der Waals surface area contributed by atoms with Crippen molar-refractivity contribution in [1.29, 1.82) is 0 Å². The molecule has 0 radical (unpaired) electrons. The fourth-order valence-electron chi connectivity index (χ4n) is 0.194. The first-order valence-electron chi connectivity index (χ1n) is 2.68. The topological polar surface area (TPSA) is 58.2 Å². The van der Waals surface area contributed by atoms with Gasteiger partial charge in [0.15, 0.2) is 0 Å². The van der Waals surface area contributed by atoms with E-state index in [1.54, 1.807) is 0 Å². The van der Waals surface area contributed by atoms with Gasteiger partial charge < -0.3 is 0 Å². The van der Waals surface area contributed by atoms with Crippen molar-refractivity contribution in [2.45, 2.75) is 0 Å². The summed E-state index contributed by atoms with van der Waals surface area (Å²) >= 11 is -0.810. The molecule has 0 unspecified atom stereocenters. The van der Waals surface area contributed by atoms with Gasteiger partial charge in [-0.2, -0.15) is 0 Å². The van der Waals surface area contributed by atoms with E-state index in [2.05, 4.69) is 20.2 Å². The van der Waals surface area contributed by atoms with Crippen LogP contribution in [0.15, 0.2) is 25.3 Å². The summed E-state index contributed by atoms with van der Waals surface area (Å²) in [6.45, 7) is 6.50. The zero-order valence-electron chi connectivity index (χ0n) is 5.76. The van der Waals surface area contributed by atoms with Gasteiger partial charge in [-0.05, 0) is 0 Å². The number of carbonyl (C=O) groups is 2. The minimum absolute atomic E-state index is 0.276. The molecule has 0 aliphatic heterocycles. The average Bonchev–Trinajstić information content (AvgIpc) is 2.04. The Labute approximate surface area is 75.7 Å². The van der Waals surface area contributed by atoms with E-state index in [4.69, 9.17) is 0 Å². The Hall–Kier alpha value is -0.850. The van der Waals surface area contributed by atoms with E-state index >= 15 is 0 Å². The average molecular weight is 267 g/mol. The maximum atomic E-state index is 10.5. The molecule has 0 aromatic carbocycles. The quantitative estimate of drug-likeness (QED) is 0.315. The van der Waals surface area contributed by atoms with E-state index in [0.717, 1.165) is 12.2 Å². The molecule has 0 aliphatic rings. The molecule has 0 saturated heterocycles. The molecular formula is C6H8IN2O2-. The van der Waals surface area contributed by atoms with Crippen LogP contribution in [-0.4, -0.2) is 11.8 Å². The number of nitrogens with one attached hydrogen (secondary N) is 2. The van der Waals surface area contributed by atoms with Gasteiger partial charge in [0.05, 0.1) is 0 Å². The third-order valence-corrected chi connectivity index (χ3v) is 2.25. The molecule has 0 fully saturated rings. The van der Waals surface area contributed by atoms with E-state index < -0.39 is 21.8 Å². The molecule has 0 bridgehead atoms. The van der Waals surface area contributed by atoms with Crippen LogP contribution in [0.1, 0.15) is 0 Å². The van der Waals surface area contributed by atoms with Gasteiger partial charge >= 0.3 is 75.5 Å². The number of amides is 2. The Morgan fingerprint density at radius 3 is 1.73 bits per heavy atom. The second-order valence-electron chi connectivity index (χ2n) is 1.42. The fourth-order valence-corrected chi connectivity index (χ4v) is 1.30. The van der Waals surface area contributed by atoms with Crippen LogP contribution in [0, 0.1) is 0 Å². The summed E-state index contributed by atoms with van der Waals surface area (Å²) in [5.74, 6) is -0.552. The van der Waals surface area contributed by atoms with Crippen molar-refractivity contribution in [2.24, 2.45) is 0 Å². The van der Waals surface area contributed by atoms with Gasteiger partial charge in [0, 0.05) is 0 Å². The van der Waals surface area contributed by atoms with Crippen LogP contribution in [0.2, 0.25) is 0 Å². The molecule has 0 rings (SSSR count). The van der Waals surface area contributed by atoms with Crippen molar-refractivity contribution in [3.8, 4) is 0 Å². The van der Waals surface area contributed by atoms with Crippen LogP contribution in [0.25, 0.3) is 0 Å². The molecule has 0 aromatic rings. The molecule has 0 spiro atoms. The first kappa shape index (κ1) is 10.2. The Kier molecular flexibility index (Phi) is 5.44. The Bertz CT molecular complexity index is 171. The zero-order chi connectivity index (χ0) is 8.69. The van der Waals surface area contributed by atoms with Crippen molar-refractivity contribution in [2.75, 3.05) is 0 Å². The standard InChI is InChI=1S/C6H8IN2O2/c1-3-5(10)8-7-9-6(11)4-2/h3-4H,1-2H2,(H,8,10)(H,9,11)/q-1. The fraction of sp³-hybridized carbons (Fsp3) is 0. The summed E-state index contributed by atoms with van der Waals surface area (Å²) in [5.41, 5.74) is 0. The van der Waals surface area contributed by atoms with Crippen LogP contribution < -0.4 is 28.8 Å². The van der Waals surface area contributed by atoms with Crippen molar-refractivity contribution in [3.05, 3.63) is 25.3 Å². The second-order valence-corrected chi connectivity index (χ2v) is 3.04. The molecule has 0 aliphatic carbocycles. The minimum atomic E-state index is -0.810. The molecule has 11 heavy (non-hydrogen) atoms. The van der Waals surface area contributed by atoms with Gasteiger partial charge in [0.1, 0.15) is 0 Å². The van der Waals surface area contributed by atoms with E-state index in [9.17, 15) is 9.59 Å². The van der Waals surface area contributed by atoms with E-state index in [-0.39, 0.29) is 11.8 Å². The first-order chi connectivity index (χ1) is 5.20. The zero-order valence-corrected chi connectivity index (χ0v) is 7.92. The van der Waals surface area contributed by atoms with Gasteiger partial charge in [0.25, 0.3) is 0 Å². The van der Waals surface area contributed by atoms with E-state index in [1.165, 1.54) is 0 Å². The van der Waals surface area contributed by atoms with Crippen molar-refractivity contribution in [1.82, 2.24) is 7.06 Å². The summed E-state index contributed by atoms with van der Waals surface area (Å²) in [4.78, 5) is 21.0. The van der Waals surface area contributed by atoms with Gasteiger partial charge in [-0.1, -0.05) is 0 Å². The van der Waals surface area contributed by atoms with Gasteiger partial charge in [-0.3, -0.25) is 0 Å². The number of hydrogen-bond donors (Lipinski definition) is 2. The molecule has 62 valence electrons. The molecule has 0 heterocycles. The monoisotopic (exact) mass is 267 g/mol. The Morgan fingerprint density at radius 1 is 1.09 bits per heavy atom. The van der Waals surface area contributed by atoms with Crippen LogP contribution in [0.3, 0.4) is 0 Å². The second kappa shape index (κ2) is 5.90. The van der Waals surface area contributed by atoms with Gasteiger partial charge in [-0.25, -0.2) is 0 Å². The van der Waals surface area contributed by atoms with E-state index in [0.29, 0.717) is 0 Å². The van der Waals surface area contributed by atoms with Crippen LogP contribution in [0.5, 0.6) is 0 Å². The molecule has 0 atom stereocenters. The van der Waals surface area contributed by atoms with Crippen LogP contribution in [-0.2, 0) is 9.59 Å². The van der Waals surface area contributed by atoms with E-state index in [1.807, 2.05) is 0 Å². The van der Waals surface area contributed by atoms with Crippen molar-refractivity contribution < 1.29 is 31.3 Å². The molecule has 2 N–H and O–H groups in total. The third-order valence-electron chi connectivity index (χ3n) is 0.652. The Balaban J connectivity index is 3.41. The summed E-state index contributed by atoms with van der Waals surface area (Å²) in [5, 5.41) is 0. The number of halogens is 1. The third kappa shape index (κ3) is 5.59. The van der Waals surface area contributed by atoms with Gasteiger partial charge in [-0.15, -0.1) is 0 Å². The van der Waals surface area contributed by atoms with Crippen molar-refractivity contribution >= 4 is 11.8 Å². The van der Waals surface area contributed by atoms with Crippen LogP contribution in [0.4, 0.5) is 0 Å². The summed E-state index contributed by atoms with van der Waals surface area (Å²) < 4.78 is 4.94. The van der Waals surface area contributed by atoms with Crippen molar-refractivity contribution in [3.63, 3.8) is 0 Å². The first-order valence-corrected chi connectivity index (χ1v) is 4.84. The number of rotatable bonds is 4. The predicted octanol–water partition coefficient (Wildman–Crippen LogP) is -3.49. The molecule has 0 aromatic heterocycles. The van der Waals surface area contributed by atoms with Gasteiger partial charge in [0.2, 0.25) is 0 Å². The number of carbonyl (C=O) groups excluding carboxylic acids is 2. The molecular weight excluding hydrogens is 259 g/mol. The summed E-state index contributed by atoms with van der Waals surface area (Å²) in [7, 11) is 0. The normalized spacial score (nSPS) is 8.36. The Morgan fingerprint density at radius 2 is 1.45 bits per heavy atom.